The Kier molecular flexibility index (Phi) is 59.4. The summed E-state index contributed by atoms with van der Waals surface area (Å²) in [6, 6.07) is 0. The first-order valence-corrected chi connectivity index (χ1v) is 4.24. The lowest BCUT2D eigenvalue weighted by molar-refractivity contribution is 2.14. The van der Waals surface area contributed by atoms with E-state index in [0.29, 0.717) is 20.4 Å². The van der Waals surface area contributed by atoms with Gasteiger partial charge in [-0.3, -0.25) is 0 Å². The Morgan fingerprint density at radius 1 is 1.00 bits per heavy atom. The van der Waals surface area contributed by atoms with Crippen molar-refractivity contribution in [3.63, 3.8) is 0 Å². The summed E-state index contributed by atoms with van der Waals surface area (Å²) in [5, 5.41) is 4.53. The van der Waals surface area contributed by atoms with Gasteiger partial charge < -0.3 is 0 Å². The van der Waals surface area contributed by atoms with Gasteiger partial charge >= 0.3 is 20.4 Å². The van der Waals surface area contributed by atoms with Gasteiger partial charge in [-0.2, -0.15) is 10.1 Å². The van der Waals surface area contributed by atoms with E-state index in [9.17, 15) is 0 Å². The van der Waals surface area contributed by atoms with Crippen molar-refractivity contribution in [3.8, 4) is 0 Å². The van der Waals surface area contributed by atoms with Crippen LogP contribution >= 0.6 is 24.8 Å². The number of hydrogen-bond donors (Lipinski definition) is 0. The third-order valence-corrected chi connectivity index (χ3v) is 0. The summed E-state index contributed by atoms with van der Waals surface area (Å²) in [5.41, 5.74) is 0. The zero-order valence-corrected chi connectivity index (χ0v) is 6.57. The van der Waals surface area contributed by atoms with Gasteiger partial charge in [0.2, 0.25) is 0 Å². The second-order valence-electron chi connectivity index (χ2n) is 0.707. The van der Waals surface area contributed by atoms with Gasteiger partial charge in [-0.15, -0.1) is 24.8 Å². The topological polar surface area (TPSA) is 0 Å². The summed E-state index contributed by atoms with van der Waals surface area (Å²) in [4.78, 5) is 0. The zero-order valence-electron chi connectivity index (χ0n) is 3.52. The van der Waals surface area contributed by atoms with Crippen LogP contribution in [-0.4, -0.2) is 20.4 Å². The van der Waals surface area contributed by atoms with E-state index < -0.39 is 0 Å². The van der Waals surface area contributed by atoms with Crippen LogP contribution in [0.15, 0.2) is 0 Å². The summed E-state index contributed by atoms with van der Waals surface area (Å²) in [6.07, 6.45) is 0. The molecule has 0 aliphatic carbocycles. The molecule has 0 spiro atoms. The van der Waals surface area contributed by atoms with Crippen LogP contribution in [0.5, 0.6) is 0 Å². The predicted octanol–water partition coefficient (Wildman–Crippen LogP) is 1.63. The van der Waals surface area contributed by atoms with Gasteiger partial charge in [0.05, 0.1) is 0 Å². The van der Waals surface area contributed by atoms with E-state index >= 15 is 0 Å². The molecule has 0 aromatic carbocycles. The molecule has 0 aromatic rings. The molecule has 0 N–H and O–H groups in total. The van der Waals surface area contributed by atoms with E-state index in [0.717, 1.165) is 0 Å². The van der Waals surface area contributed by atoms with Gasteiger partial charge in [0.15, 0.2) is 0 Å². The Morgan fingerprint density at radius 2 is 1.00 bits per heavy atom. The normalized spacial score (nSPS) is 2.00. The van der Waals surface area contributed by atoms with E-state index in [4.69, 9.17) is 0 Å². The van der Waals surface area contributed by atoms with Crippen LogP contribution in [-0.2, 0) is 0 Å². The van der Waals surface area contributed by atoms with Gasteiger partial charge in [-0.1, -0.05) is 0 Å². The van der Waals surface area contributed by atoms with Crippen LogP contribution in [0.2, 0.25) is 10.1 Å². The fourth-order valence-electron chi connectivity index (χ4n) is 0. The number of hydrogen-bond acceptors (Lipinski definition) is 0. The van der Waals surface area contributed by atoms with E-state index in [1.54, 1.807) is 0 Å². The molecule has 0 aliphatic heterocycles. The molecule has 0 nitrogen and oxygen atoms in total. The van der Waals surface area contributed by atoms with Gasteiger partial charge in [-0.05, 0) is 0 Å². The molecule has 0 radical (unpaired) electrons. The van der Waals surface area contributed by atoms with Crippen molar-refractivity contribution in [2.75, 3.05) is 0 Å². The summed E-state index contributed by atoms with van der Waals surface area (Å²) in [6.45, 7) is 0. The van der Waals surface area contributed by atoms with Crippen LogP contribution in [0.3, 0.4) is 0 Å². The molecule has 5 heavy (non-hydrogen) atoms. The van der Waals surface area contributed by atoms with Crippen LogP contribution in [0.4, 0.5) is 0 Å². The molecular formula is C2H8Cl2Mg. The largest absolute Gasteiger partial charge is 0.356 e. The predicted molar refractivity (Wildman–Crippen MR) is 32.0 cm³/mol. The van der Waals surface area contributed by atoms with Crippen molar-refractivity contribution in [2.24, 2.45) is 0 Å². The van der Waals surface area contributed by atoms with E-state index in [-0.39, 0.29) is 24.8 Å². The molecule has 0 atom stereocenters. The molecular weight excluding hydrogens is 119 g/mol. The molecule has 0 rings (SSSR count). The van der Waals surface area contributed by atoms with Gasteiger partial charge in [-0.25, -0.2) is 0 Å². The zero-order chi connectivity index (χ0) is 2.71. The number of rotatable bonds is 0. The minimum absolute atomic E-state index is 0. The summed E-state index contributed by atoms with van der Waals surface area (Å²) >= 11 is 0.417. The standard InChI is InChI=1S/2CH3.2ClH.Mg/h2*1H3;2*1H;. The highest BCUT2D eigenvalue weighted by Crippen LogP contribution is 1.36. The van der Waals surface area contributed by atoms with E-state index in [2.05, 4.69) is 10.1 Å². The Labute approximate surface area is 55.3 Å². The van der Waals surface area contributed by atoms with Gasteiger partial charge in [0, 0.05) is 0 Å². The molecule has 0 heterocycles. The van der Waals surface area contributed by atoms with Crippen LogP contribution in [0, 0.1) is 0 Å². The van der Waals surface area contributed by atoms with Crippen molar-refractivity contribution in [3.05, 3.63) is 0 Å². The number of halogens is 2. The molecule has 0 fully saturated rings. The average molecular weight is 127 g/mol. The maximum atomic E-state index is 2.26. The van der Waals surface area contributed by atoms with Gasteiger partial charge in [0.25, 0.3) is 0 Å². The molecule has 0 bridgehead atoms. The second kappa shape index (κ2) is 18.3. The van der Waals surface area contributed by atoms with Crippen molar-refractivity contribution < 1.29 is 0 Å². The third-order valence-electron chi connectivity index (χ3n) is 0. The Hall–Kier alpha value is 1.35. The second-order valence-corrected chi connectivity index (χ2v) is 2.12. The Balaban J connectivity index is -0.0000000200. The molecule has 0 aromatic heterocycles. The van der Waals surface area contributed by atoms with Crippen molar-refractivity contribution in [2.45, 2.75) is 10.1 Å². The summed E-state index contributed by atoms with van der Waals surface area (Å²) in [5.74, 6) is 0. The monoisotopic (exact) mass is 126 g/mol. The summed E-state index contributed by atoms with van der Waals surface area (Å²) in [7, 11) is 0. The molecule has 32 valence electrons. The average Bonchev–Trinajstić information content (AvgIpc) is 0.918. The third kappa shape index (κ3) is 33.0. The molecule has 0 saturated heterocycles. The first kappa shape index (κ1) is 16.2. The highest BCUT2D eigenvalue weighted by molar-refractivity contribution is 6.31. The fraction of sp³-hybridized carbons (Fsp3) is 1.00. The Morgan fingerprint density at radius 3 is 1.00 bits per heavy atom. The molecule has 3 heteroatoms. The SMILES string of the molecule is Cl.Cl.[CH3][Mg][CH3]. The lowest BCUT2D eigenvalue weighted by Crippen LogP contribution is -1.53. The first-order chi connectivity index (χ1) is 1.41. The van der Waals surface area contributed by atoms with Crippen molar-refractivity contribution >= 4 is 45.2 Å². The van der Waals surface area contributed by atoms with Gasteiger partial charge in [0.1, 0.15) is 0 Å². The van der Waals surface area contributed by atoms with E-state index in [1.807, 2.05) is 0 Å². The highest BCUT2D eigenvalue weighted by Gasteiger charge is 1.54. The highest BCUT2D eigenvalue weighted by atomic mass is 35.5. The maximum absolute atomic E-state index is 2.26. The molecule has 0 unspecified atom stereocenters. The van der Waals surface area contributed by atoms with Crippen LogP contribution < -0.4 is 0 Å². The minimum Gasteiger partial charge on any atom is -0.157 e. The first-order valence-electron chi connectivity index (χ1n) is 1.41. The van der Waals surface area contributed by atoms with Crippen molar-refractivity contribution in [1.82, 2.24) is 0 Å². The molecule has 0 aliphatic rings. The molecule has 0 amide bonds. The minimum atomic E-state index is 0. The fourth-order valence-corrected chi connectivity index (χ4v) is 0. The lowest BCUT2D eigenvalue weighted by Gasteiger charge is -1.34. The smallest absolute Gasteiger partial charge is 0.157 e. The summed E-state index contributed by atoms with van der Waals surface area (Å²) < 4.78 is 0. The maximum Gasteiger partial charge on any atom is 0.356 e. The lowest BCUT2D eigenvalue weighted by atomic mass is 11.9. The Bertz CT molecular complexity index is 7.61. The van der Waals surface area contributed by atoms with Crippen LogP contribution in [0.25, 0.3) is 0 Å². The van der Waals surface area contributed by atoms with Crippen molar-refractivity contribution in [1.29, 1.82) is 0 Å². The molecule has 0 saturated carbocycles. The quantitative estimate of drug-likeness (QED) is 0.434. The van der Waals surface area contributed by atoms with E-state index in [1.165, 1.54) is 0 Å². The van der Waals surface area contributed by atoms with Crippen LogP contribution in [0.1, 0.15) is 0 Å².